The molecule has 2 rings (SSSR count). The summed E-state index contributed by atoms with van der Waals surface area (Å²) in [6, 6.07) is -0.261. The van der Waals surface area contributed by atoms with E-state index in [2.05, 4.69) is 26.1 Å². The fourth-order valence-electron chi connectivity index (χ4n) is 2.89. The minimum Gasteiger partial charge on any atom is -0.354 e. The van der Waals surface area contributed by atoms with E-state index in [1.165, 1.54) is 0 Å². The Labute approximate surface area is 138 Å². The number of amides is 2. The predicted octanol–water partition coefficient (Wildman–Crippen LogP) is 3.02. The van der Waals surface area contributed by atoms with Gasteiger partial charge < -0.3 is 10.2 Å². The number of nitrogens with zero attached hydrogens (tertiary/aromatic N) is 1. The van der Waals surface area contributed by atoms with Crippen LogP contribution in [0.15, 0.2) is 0 Å². The summed E-state index contributed by atoms with van der Waals surface area (Å²) < 4.78 is 0. The van der Waals surface area contributed by atoms with Crippen molar-refractivity contribution in [3.63, 3.8) is 0 Å². The van der Waals surface area contributed by atoms with Gasteiger partial charge in [-0.3, -0.25) is 9.59 Å². The van der Waals surface area contributed by atoms with Crippen LogP contribution in [-0.2, 0) is 9.59 Å². The number of carbonyl (C=O) groups is 2. The average Bonchev–Trinajstić information content (AvgIpc) is 3.24. The van der Waals surface area contributed by atoms with Gasteiger partial charge in [0, 0.05) is 18.2 Å². The molecule has 0 aromatic rings. The Morgan fingerprint density at radius 2 is 2.00 bits per heavy atom. The lowest BCUT2D eigenvalue weighted by Crippen LogP contribution is -2.50. The highest BCUT2D eigenvalue weighted by atomic mass is 32.2. The molecule has 2 unspecified atom stereocenters. The molecular formula is C17H30N2O2S. The third-order valence-corrected chi connectivity index (χ3v) is 5.64. The Balaban J connectivity index is 1.95. The van der Waals surface area contributed by atoms with Crippen LogP contribution in [0.2, 0.25) is 0 Å². The Morgan fingerprint density at radius 1 is 1.27 bits per heavy atom. The van der Waals surface area contributed by atoms with Crippen molar-refractivity contribution in [2.75, 3.05) is 12.3 Å². The van der Waals surface area contributed by atoms with Crippen molar-refractivity contribution in [2.45, 2.75) is 70.7 Å². The van der Waals surface area contributed by atoms with Gasteiger partial charge in [0.25, 0.3) is 0 Å². The summed E-state index contributed by atoms with van der Waals surface area (Å²) >= 11 is 1.78. The van der Waals surface area contributed by atoms with Gasteiger partial charge >= 0.3 is 0 Å². The monoisotopic (exact) mass is 326 g/mol. The first-order valence-electron chi connectivity index (χ1n) is 8.76. The Bertz CT molecular complexity index is 396. The first-order chi connectivity index (χ1) is 10.5. The Hall–Kier alpha value is -0.710. The molecule has 1 aliphatic carbocycles. The molecule has 2 amide bonds. The molecule has 2 atom stereocenters. The lowest BCUT2D eigenvalue weighted by atomic mass is 10.1. The quantitative estimate of drug-likeness (QED) is 0.698. The van der Waals surface area contributed by atoms with Gasteiger partial charge in [0.2, 0.25) is 11.8 Å². The molecule has 1 N–H and O–H groups in total. The number of rotatable bonds is 8. The molecule has 0 radical (unpaired) electrons. The molecule has 2 fully saturated rings. The maximum atomic E-state index is 12.6. The second-order valence-electron chi connectivity index (χ2n) is 6.95. The van der Waals surface area contributed by atoms with Gasteiger partial charge in [-0.15, -0.1) is 11.8 Å². The van der Waals surface area contributed by atoms with Crippen molar-refractivity contribution in [1.29, 1.82) is 0 Å². The number of hydrogen-bond acceptors (Lipinski definition) is 3. The highest BCUT2D eigenvalue weighted by Crippen LogP contribution is 2.39. The lowest BCUT2D eigenvalue weighted by Gasteiger charge is -2.30. The first-order valence-corrected chi connectivity index (χ1v) is 9.81. The average molecular weight is 327 g/mol. The number of carbonyl (C=O) groups excluding carboxylic acids is 2. The third kappa shape index (κ3) is 4.64. The predicted molar refractivity (Wildman–Crippen MR) is 91.6 cm³/mol. The van der Waals surface area contributed by atoms with Gasteiger partial charge in [0.15, 0.2) is 0 Å². The summed E-state index contributed by atoms with van der Waals surface area (Å²) in [6.07, 6.45) is 6.29. The van der Waals surface area contributed by atoms with Gasteiger partial charge in [-0.1, -0.05) is 33.6 Å². The first kappa shape index (κ1) is 17.6. The van der Waals surface area contributed by atoms with Crippen LogP contribution in [0.1, 0.15) is 59.3 Å². The smallest absolute Gasteiger partial charge is 0.243 e. The van der Waals surface area contributed by atoms with E-state index < -0.39 is 0 Å². The van der Waals surface area contributed by atoms with Crippen molar-refractivity contribution in [2.24, 2.45) is 11.8 Å². The second-order valence-corrected chi connectivity index (χ2v) is 8.16. The topological polar surface area (TPSA) is 49.4 Å². The summed E-state index contributed by atoms with van der Waals surface area (Å²) in [6.45, 7) is 7.24. The van der Waals surface area contributed by atoms with Crippen molar-refractivity contribution < 1.29 is 9.59 Å². The van der Waals surface area contributed by atoms with Crippen LogP contribution >= 0.6 is 11.8 Å². The molecular weight excluding hydrogens is 296 g/mol. The van der Waals surface area contributed by atoms with Gasteiger partial charge in [-0.2, -0.15) is 0 Å². The Morgan fingerprint density at radius 3 is 2.59 bits per heavy atom. The Kier molecular flexibility index (Phi) is 6.60. The maximum Gasteiger partial charge on any atom is 0.243 e. The SMILES string of the molecule is CCCCCNC(=O)C1CSC(CC(C)C)N1C(=O)C1CC1. The molecule has 22 heavy (non-hydrogen) atoms. The standard InChI is InChI=1S/C17H30N2O2S/c1-4-5-6-9-18-16(20)14-11-22-15(10-12(2)3)19(14)17(21)13-7-8-13/h12-15H,4-11H2,1-3H3,(H,18,20). The second kappa shape index (κ2) is 8.23. The van der Waals surface area contributed by atoms with Gasteiger partial charge in [0.05, 0.1) is 5.37 Å². The van der Waals surface area contributed by atoms with E-state index in [0.29, 0.717) is 5.92 Å². The molecule has 4 nitrogen and oxygen atoms in total. The summed E-state index contributed by atoms with van der Waals surface area (Å²) in [7, 11) is 0. The van der Waals surface area contributed by atoms with Crippen LogP contribution in [-0.4, -0.2) is 40.4 Å². The molecule has 0 spiro atoms. The molecule has 1 aliphatic heterocycles. The van der Waals surface area contributed by atoms with Crippen molar-refractivity contribution in [1.82, 2.24) is 10.2 Å². The van der Waals surface area contributed by atoms with Crippen molar-refractivity contribution >= 4 is 23.6 Å². The van der Waals surface area contributed by atoms with Crippen LogP contribution in [0.4, 0.5) is 0 Å². The van der Waals surface area contributed by atoms with E-state index in [1.807, 2.05) is 4.90 Å². The summed E-state index contributed by atoms with van der Waals surface area (Å²) in [5.74, 6) is 1.73. The zero-order valence-corrected chi connectivity index (χ0v) is 15.0. The van der Waals surface area contributed by atoms with Crippen LogP contribution in [0.5, 0.6) is 0 Å². The van der Waals surface area contributed by atoms with Gasteiger partial charge in [-0.05, 0) is 31.6 Å². The normalized spacial score (nSPS) is 24.8. The highest BCUT2D eigenvalue weighted by Gasteiger charge is 2.45. The van der Waals surface area contributed by atoms with Gasteiger partial charge in [-0.25, -0.2) is 0 Å². The molecule has 126 valence electrons. The zero-order chi connectivity index (χ0) is 16.1. The molecule has 0 bridgehead atoms. The third-order valence-electron chi connectivity index (χ3n) is 4.33. The van der Waals surface area contributed by atoms with Crippen molar-refractivity contribution in [3.05, 3.63) is 0 Å². The molecule has 1 saturated heterocycles. The van der Waals surface area contributed by atoms with Crippen LogP contribution < -0.4 is 5.32 Å². The van der Waals surface area contributed by atoms with E-state index in [0.717, 1.165) is 50.8 Å². The van der Waals surface area contributed by atoms with Gasteiger partial charge in [0.1, 0.15) is 6.04 Å². The highest BCUT2D eigenvalue weighted by molar-refractivity contribution is 8.00. The number of hydrogen-bond donors (Lipinski definition) is 1. The number of thioether (sulfide) groups is 1. The van der Waals surface area contributed by atoms with E-state index >= 15 is 0 Å². The minimum atomic E-state index is -0.261. The van der Waals surface area contributed by atoms with E-state index in [4.69, 9.17) is 0 Å². The van der Waals surface area contributed by atoms with Crippen LogP contribution in [0.3, 0.4) is 0 Å². The number of unbranched alkanes of at least 4 members (excludes halogenated alkanes) is 2. The molecule has 5 heteroatoms. The van der Waals surface area contributed by atoms with Crippen LogP contribution in [0.25, 0.3) is 0 Å². The van der Waals surface area contributed by atoms with Crippen LogP contribution in [0, 0.1) is 11.8 Å². The maximum absolute atomic E-state index is 12.6. The molecule has 0 aromatic carbocycles. The lowest BCUT2D eigenvalue weighted by molar-refractivity contribution is -0.141. The van der Waals surface area contributed by atoms with Crippen molar-refractivity contribution in [3.8, 4) is 0 Å². The zero-order valence-electron chi connectivity index (χ0n) is 14.1. The van der Waals surface area contributed by atoms with E-state index in [-0.39, 0.29) is 29.1 Å². The number of nitrogens with one attached hydrogen (secondary N) is 1. The summed E-state index contributed by atoms with van der Waals surface area (Å²) in [5, 5.41) is 3.21. The summed E-state index contributed by atoms with van der Waals surface area (Å²) in [5.41, 5.74) is 0. The largest absolute Gasteiger partial charge is 0.354 e. The molecule has 1 heterocycles. The minimum absolute atomic E-state index is 0.0452. The molecule has 1 saturated carbocycles. The summed E-state index contributed by atoms with van der Waals surface area (Å²) in [4.78, 5) is 27.0. The molecule has 0 aromatic heterocycles. The fourth-order valence-corrected chi connectivity index (χ4v) is 4.54. The van der Waals surface area contributed by atoms with E-state index in [1.54, 1.807) is 11.8 Å². The fraction of sp³-hybridized carbons (Fsp3) is 0.882. The van der Waals surface area contributed by atoms with E-state index in [9.17, 15) is 9.59 Å². The molecule has 2 aliphatic rings.